The van der Waals surface area contributed by atoms with E-state index in [1.165, 1.54) is 12.8 Å². The zero-order valence-corrected chi connectivity index (χ0v) is 8.25. The van der Waals surface area contributed by atoms with Crippen LogP contribution in [-0.4, -0.2) is 28.8 Å². The van der Waals surface area contributed by atoms with Gasteiger partial charge >= 0.3 is 0 Å². The zero-order valence-electron chi connectivity index (χ0n) is 8.25. The van der Waals surface area contributed by atoms with Crippen molar-refractivity contribution >= 4 is 0 Å². The first-order valence-corrected chi connectivity index (χ1v) is 5.01. The Balaban J connectivity index is 2.28. The van der Waals surface area contributed by atoms with Gasteiger partial charge < -0.3 is 5.11 Å². The third kappa shape index (κ3) is 0.882. The normalized spacial score (nSPS) is 54.5. The van der Waals surface area contributed by atoms with E-state index in [9.17, 15) is 5.11 Å². The molecule has 0 saturated carbocycles. The van der Waals surface area contributed by atoms with Crippen molar-refractivity contribution in [3.8, 4) is 0 Å². The molecule has 2 aliphatic heterocycles. The Kier molecular flexibility index (Phi) is 1.74. The number of hydrogen-bond donors (Lipinski definition) is 1. The predicted octanol–water partition coefficient (Wildman–Crippen LogP) is 1.45. The number of hydrogen-bond acceptors (Lipinski definition) is 2. The summed E-state index contributed by atoms with van der Waals surface area (Å²) in [6.45, 7) is 4.48. The average Bonchev–Trinajstić information content (AvgIpc) is 2.23. The Hall–Kier alpha value is -0.0800. The summed E-state index contributed by atoms with van der Waals surface area (Å²) < 4.78 is 0. The molecule has 0 aromatic rings. The number of piperidine rings is 1. The van der Waals surface area contributed by atoms with Crippen molar-refractivity contribution < 1.29 is 5.11 Å². The predicted molar refractivity (Wildman–Crippen MR) is 48.7 cm³/mol. The van der Waals surface area contributed by atoms with Crippen LogP contribution in [0.15, 0.2) is 0 Å². The summed E-state index contributed by atoms with van der Waals surface area (Å²) in [6.07, 6.45) is 3.34. The Bertz CT molecular complexity index is 194. The molecule has 0 aliphatic carbocycles. The van der Waals surface area contributed by atoms with Crippen LogP contribution in [0, 0.1) is 11.8 Å². The van der Waals surface area contributed by atoms with E-state index in [0.29, 0.717) is 12.0 Å². The Morgan fingerprint density at radius 3 is 2.75 bits per heavy atom. The van der Waals surface area contributed by atoms with Crippen LogP contribution in [0.2, 0.25) is 0 Å². The van der Waals surface area contributed by atoms with E-state index < -0.39 is 5.72 Å². The molecule has 0 radical (unpaired) electrons. The molecule has 12 heavy (non-hydrogen) atoms. The molecular formula is C10H19NO. The lowest BCUT2D eigenvalue weighted by Crippen LogP contribution is -2.55. The minimum atomic E-state index is -0.475. The molecule has 0 aromatic heterocycles. The topological polar surface area (TPSA) is 23.5 Å². The third-order valence-corrected chi connectivity index (χ3v) is 4.09. The number of aliphatic hydroxyl groups is 1. The van der Waals surface area contributed by atoms with Gasteiger partial charge in [0.25, 0.3) is 0 Å². The van der Waals surface area contributed by atoms with E-state index >= 15 is 0 Å². The summed E-state index contributed by atoms with van der Waals surface area (Å²) in [6, 6.07) is 0.631. The van der Waals surface area contributed by atoms with Crippen LogP contribution in [0.25, 0.3) is 0 Å². The summed E-state index contributed by atoms with van der Waals surface area (Å²) in [5, 5.41) is 10.3. The van der Waals surface area contributed by atoms with E-state index in [1.54, 1.807) is 0 Å². The van der Waals surface area contributed by atoms with Crippen molar-refractivity contribution in [2.75, 3.05) is 7.05 Å². The summed E-state index contributed by atoms with van der Waals surface area (Å²) in [5.74, 6) is 1.20. The van der Waals surface area contributed by atoms with Crippen molar-refractivity contribution in [1.29, 1.82) is 0 Å². The second-order valence-corrected chi connectivity index (χ2v) is 4.71. The fourth-order valence-corrected chi connectivity index (χ4v) is 3.18. The maximum Gasteiger partial charge on any atom is 0.121 e. The van der Waals surface area contributed by atoms with Gasteiger partial charge in [-0.05, 0) is 38.1 Å². The molecule has 70 valence electrons. The summed E-state index contributed by atoms with van der Waals surface area (Å²) >= 11 is 0. The van der Waals surface area contributed by atoms with Crippen LogP contribution in [0.1, 0.15) is 33.1 Å². The quantitative estimate of drug-likeness (QED) is 0.593. The maximum atomic E-state index is 10.3. The van der Waals surface area contributed by atoms with E-state index in [4.69, 9.17) is 0 Å². The fraction of sp³-hybridized carbons (Fsp3) is 1.00. The van der Waals surface area contributed by atoms with Crippen LogP contribution < -0.4 is 0 Å². The highest BCUT2D eigenvalue weighted by molar-refractivity contribution is 5.01. The molecule has 2 nitrogen and oxygen atoms in total. The van der Waals surface area contributed by atoms with Crippen molar-refractivity contribution in [1.82, 2.24) is 4.90 Å². The molecular weight excluding hydrogens is 150 g/mol. The molecule has 1 N–H and O–H groups in total. The van der Waals surface area contributed by atoms with E-state index in [1.807, 2.05) is 0 Å². The monoisotopic (exact) mass is 169 g/mol. The fourth-order valence-electron chi connectivity index (χ4n) is 3.18. The Labute approximate surface area is 74.6 Å². The zero-order chi connectivity index (χ0) is 8.93. The van der Waals surface area contributed by atoms with Gasteiger partial charge in [0, 0.05) is 6.04 Å². The maximum absolute atomic E-state index is 10.3. The van der Waals surface area contributed by atoms with Gasteiger partial charge in [0.2, 0.25) is 0 Å². The van der Waals surface area contributed by atoms with E-state index in [0.717, 1.165) is 12.3 Å². The lowest BCUT2D eigenvalue weighted by molar-refractivity contribution is -0.152. The molecule has 4 atom stereocenters. The molecule has 2 unspecified atom stereocenters. The molecule has 0 aromatic carbocycles. The van der Waals surface area contributed by atoms with E-state index in [2.05, 4.69) is 25.8 Å². The SMILES string of the molecule is CC1CC(C)[C@@]2(O)CC[C@@H]1N2C. The molecule has 2 heteroatoms. The van der Waals surface area contributed by atoms with Gasteiger partial charge in [-0.3, -0.25) is 4.90 Å². The number of nitrogens with zero attached hydrogens (tertiary/aromatic N) is 1. The molecule has 2 heterocycles. The van der Waals surface area contributed by atoms with Gasteiger partial charge in [-0.2, -0.15) is 0 Å². The van der Waals surface area contributed by atoms with Crippen molar-refractivity contribution in [3.05, 3.63) is 0 Å². The average molecular weight is 169 g/mol. The Morgan fingerprint density at radius 2 is 2.08 bits per heavy atom. The first-order chi connectivity index (χ1) is 5.55. The van der Waals surface area contributed by atoms with Crippen molar-refractivity contribution in [2.24, 2.45) is 11.8 Å². The second-order valence-electron chi connectivity index (χ2n) is 4.71. The van der Waals surface area contributed by atoms with Crippen LogP contribution in [0.5, 0.6) is 0 Å². The van der Waals surface area contributed by atoms with Crippen molar-refractivity contribution in [3.63, 3.8) is 0 Å². The van der Waals surface area contributed by atoms with Crippen LogP contribution in [-0.2, 0) is 0 Å². The molecule has 0 amide bonds. The molecule has 0 spiro atoms. The third-order valence-electron chi connectivity index (χ3n) is 4.09. The number of fused-ring (bicyclic) bond motifs is 2. The van der Waals surface area contributed by atoms with Crippen LogP contribution in [0.4, 0.5) is 0 Å². The minimum absolute atomic E-state index is 0.441. The first-order valence-electron chi connectivity index (χ1n) is 5.01. The molecule has 2 bridgehead atoms. The standard InChI is InChI=1S/C10H19NO/c1-7-6-8(2)10(12)5-4-9(7)11(10)3/h7-9,12H,4-6H2,1-3H3/t7?,8?,9-,10-/m0/s1. The van der Waals surface area contributed by atoms with Gasteiger partial charge in [-0.25, -0.2) is 0 Å². The largest absolute Gasteiger partial charge is 0.375 e. The first kappa shape index (κ1) is 8.52. The second kappa shape index (κ2) is 2.46. The summed E-state index contributed by atoms with van der Waals surface area (Å²) in [7, 11) is 2.07. The lowest BCUT2D eigenvalue weighted by Gasteiger charge is -2.46. The molecule has 2 rings (SSSR count). The summed E-state index contributed by atoms with van der Waals surface area (Å²) in [4.78, 5) is 2.20. The van der Waals surface area contributed by atoms with E-state index in [-0.39, 0.29) is 0 Å². The van der Waals surface area contributed by atoms with Gasteiger partial charge in [-0.1, -0.05) is 13.8 Å². The smallest absolute Gasteiger partial charge is 0.121 e. The van der Waals surface area contributed by atoms with Gasteiger partial charge in [-0.15, -0.1) is 0 Å². The highest BCUT2D eigenvalue weighted by Crippen LogP contribution is 2.46. The van der Waals surface area contributed by atoms with Crippen molar-refractivity contribution in [2.45, 2.75) is 44.9 Å². The highest BCUT2D eigenvalue weighted by Gasteiger charge is 2.52. The van der Waals surface area contributed by atoms with Gasteiger partial charge in [0.15, 0.2) is 0 Å². The Morgan fingerprint density at radius 1 is 1.42 bits per heavy atom. The lowest BCUT2D eigenvalue weighted by atomic mass is 9.83. The highest BCUT2D eigenvalue weighted by atomic mass is 16.3. The summed E-state index contributed by atoms with van der Waals surface area (Å²) in [5.41, 5.74) is -0.475. The minimum Gasteiger partial charge on any atom is -0.375 e. The molecule has 2 saturated heterocycles. The van der Waals surface area contributed by atoms with Gasteiger partial charge in [0.1, 0.15) is 5.72 Å². The van der Waals surface area contributed by atoms with Crippen LogP contribution >= 0.6 is 0 Å². The molecule has 2 aliphatic rings. The van der Waals surface area contributed by atoms with Gasteiger partial charge in [0.05, 0.1) is 0 Å². The number of rotatable bonds is 0. The molecule has 2 fully saturated rings. The van der Waals surface area contributed by atoms with Crippen LogP contribution in [0.3, 0.4) is 0 Å².